The first-order valence-electron chi connectivity index (χ1n) is 28.9. The van der Waals surface area contributed by atoms with Gasteiger partial charge in [-0.25, -0.2) is 0 Å². The Kier molecular flexibility index (Phi) is 51.2. The van der Waals surface area contributed by atoms with Crippen LogP contribution in [0.3, 0.4) is 0 Å². The topological polar surface area (TPSA) is 111 Å². The molecule has 0 saturated heterocycles. The van der Waals surface area contributed by atoms with E-state index in [0.717, 1.165) is 135 Å². The van der Waals surface area contributed by atoms with Gasteiger partial charge in [0.2, 0.25) is 0 Å². The Bertz CT molecular complexity index is 1710. The maximum atomic E-state index is 12.8. The van der Waals surface area contributed by atoms with E-state index in [1.807, 2.05) is 21.1 Å². The van der Waals surface area contributed by atoms with E-state index in [1.165, 1.54) is 32.1 Å². The fourth-order valence-electron chi connectivity index (χ4n) is 7.21. The Labute approximate surface area is 453 Å². The number of nitrogens with zero attached hydrogens (tertiary/aromatic N) is 1. The van der Waals surface area contributed by atoms with Crippen LogP contribution in [-0.4, -0.2) is 70.0 Å². The van der Waals surface area contributed by atoms with Gasteiger partial charge in [0.05, 0.1) is 27.7 Å². The van der Waals surface area contributed by atoms with Gasteiger partial charge in [0.15, 0.2) is 6.10 Å². The molecule has 0 bridgehead atoms. The van der Waals surface area contributed by atoms with Gasteiger partial charge in [-0.3, -0.25) is 14.2 Å². The quantitative estimate of drug-likeness (QED) is 0.0195. The van der Waals surface area contributed by atoms with Crippen LogP contribution in [0.15, 0.2) is 134 Å². The standard InChI is InChI=1S/C64H106NO8P/c1-6-8-10-12-14-16-18-20-21-22-23-24-25-26-27-28-29-30-31-32-33-34-35-36-37-38-39-40-41-42-43-45-47-49-51-53-55-57-64(67)73-62(61-72-74(68,69)71-59-58-65(3,4)5)60-70-63(66)56-54-52-50-48-46-44-19-17-15-13-11-9-7-2/h8,10,14,16-17,19-21,23-24,26-27,29-30,32-33,35-36,38-39,41-42,62H,6-7,9,11-13,15,18,22,25,28,31,34,37,40,43-61H2,1-5H3/b10-8-,16-14-,19-17-,21-20-,24-23-,27-26-,30-29-,33-32-,36-35-,39-38-,42-41-. The first-order chi connectivity index (χ1) is 36.0. The molecule has 0 aliphatic rings. The summed E-state index contributed by atoms with van der Waals surface area (Å²) in [4.78, 5) is 37.7. The van der Waals surface area contributed by atoms with E-state index in [-0.39, 0.29) is 26.1 Å². The minimum atomic E-state index is -4.65. The molecule has 0 aromatic carbocycles. The summed E-state index contributed by atoms with van der Waals surface area (Å²) in [6, 6.07) is 0. The average Bonchev–Trinajstić information content (AvgIpc) is 3.36. The van der Waals surface area contributed by atoms with Crippen molar-refractivity contribution >= 4 is 19.8 Å². The molecule has 0 heterocycles. The van der Waals surface area contributed by atoms with Crippen molar-refractivity contribution in [2.45, 2.75) is 213 Å². The molecule has 420 valence electrons. The minimum Gasteiger partial charge on any atom is -0.756 e. The normalized spacial score (nSPS) is 14.3. The number of phosphoric acid groups is 1. The van der Waals surface area contributed by atoms with Crippen LogP contribution < -0.4 is 4.89 Å². The third kappa shape index (κ3) is 57.4. The van der Waals surface area contributed by atoms with Gasteiger partial charge in [-0.05, 0) is 116 Å². The number of esters is 2. The van der Waals surface area contributed by atoms with E-state index in [4.69, 9.17) is 18.5 Å². The molecule has 0 amide bonds. The zero-order valence-electron chi connectivity index (χ0n) is 47.5. The molecule has 2 unspecified atom stereocenters. The highest BCUT2D eigenvalue weighted by Crippen LogP contribution is 2.38. The molecular formula is C64H106NO8P. The van der Waals surface area contributed by atoms with Crippen LogP contribution in [0.4, 0.5) is 0 Å². The van der Waals surface area contributed by atoms with Crippen molar-refractivity contribution in [3.05, 3.63) is 134 Å². The van der Waals surface area contributed by atoms with Crippen molar-refractivity contribution in [1.82, 2.24) is 0 Å². The SMILES string of the molecule is CC/C=C\C/C=C\C/C=C\C/C=C\C/C=C\C/C=C\C/C=C\C/C=C\C/C=C\C/C=C\CCCCCCCCC(=O)OC(COC(=O)CCCCCCC/C=C\CCCCCC)COP(=O)([O-])OCC[N+](C)(C)C. The highest BCUT2D eigenvalue weighted by Gasteiger charge is 2.21. The van der Waals surface area contributed by atoms with E-state index in [9.17, 15) is 19.0 Å². The molecule has 0 aromatic heterocycles. The highest BCUT2D eigenvalue weighted by atomic mass is 31.2. The molecule has 0 aromatic rings. The number of quaternary nitrogens is 1. The van der Waals surface area contributed by atoms with Crippen LogP contribution >= 0.6 is 7.82 Å². The largest absolute Gasteiger partial charge is 0.756 e. The summed E-state index contributed by atoms with van der Waals surface area (Å²) in [5, 5.41) is 0. The summed E-state index contributed by atoms with van der Waals surface area (Å²) in [6.45, 7) is 4.05. The van der Waals surface area contributed by atoms with Crippen molar-refractivity contribution in [3.8, 4) is 0 Å². The summed E-state index contributed by atoms with van der Waals surface area (Å²) >= 11 is 0. The van der Waals surface area contributed by atoms with Crippen LogP contribution in [0.25, 0.3) is 0 Å². The number of carbonyl (C=O) groups is 2. The van der Waals surface area contributed by atoms with Gasteiger partial charge in [0, 0.05) is 12.8 Å². The van der Waals surface area contributed by atoms with Crippen LogP contribution in [0.5, 0.6) is 0 Å². The van der Waals surface area contributed by atoms with Crippen LogP contribution in [0.1, 0.15) is 206 Å². The number of phosphoric ester groups is 1. The van der Waals surface area contributed by atoms with E-state index in [2.05, 4.69) is 148 Å². The van der Waals surface area contributed by atoms with Crippen molar-refractivity contribution in [2.75, 3.05) is 47.5 Å². The number of unbranched alkanes of at least 4 members (excludes halogenated alkanes) is 15. The smallest absolute Gasteiger partial charge is 0.306 e. The lowest BCUT2D eigenvalue weighted by molar-refractivity contribution is -0.870. The Hall–Kier alpha value is -3.85. The molecule has 0 fully saturated rings. The van der Waals surface area contributed by atoms with Crippen molar-refractivity contribution < 1.29 is 42.1 Å². The lowest BCUT2D eigenvalue weighted by Crippen LogP contribution is -2.37. The number of rotatable bonds is 51. The number of likely N-dealkylation sites (N-methyl/N-ethyl adjacent to an activating group) is 1. The van der Waals surface area contributed by atoms with Gasteiger partial charge in [-0.15, -0.1) is 0 Å². The van der Waals surface area contributed by atoms with Crippen LogP contribution in [0.2, 0.25) is 0 Å². The number of hydrogen-bond donors (Lipinski definition) is 0. The first kappa shape index (κ1) is 70.1. The number of carbonyl (C=O) groups excluding carboxylic acids is 2. The summed E-state index contributed by atoms with van der Waals surface area (Å²) < 4.78 is 34.0. The van der Waals surface area contributed by atoms with E-state index in [1.54, 1.807) is 0 Å². The van der Waals surface area contributed by atoms with Gasteiger partial charge < -0.3 is 27.9 Å². The third-order valence-electron chi connectivity index (χ3n) is 11.7. The summed E-state index contributed by atoms with van der Waals surface area (Å²) in [6.07, 6.45) is 77.9. The molecule has 0 N–H and O–H groups in total. The van der Waals surface area contributed by atoms with Gasteiger partial charge in [0.1, 0.15) is 19.8 Å². The Balaban J connectivity index is 4.18. The second-order valence-corrected chi connectivity index (χ2v) is 21.3. The summed E-state index contributed by atoms with van der Waals surface area (Å²) in [5.74, 6) is -0.871. The summed E-state index contributed by atoms with van der Waals surface area (Å²) in [7, 11) is 1.13. The molecule has 10 heteroatoms. The number of allylic oxidation sites excluding steroid dienone is 22. The fourth-order valence-corrected chi connectivity index (χ4v) is 7.93. The van der Waals surface area contributed by atoms with Crippen LogP contribution in [0, 0.1) is 0 Å². The molecule has 2 atom stereocenters. The average molecular weight is 1050 g/mol. The van der Waals surface area contributed by atoms with Gasteiger partial charge in [-0.1, -0.05) is 212 Å². The predicted molar refractivity (Wildman–Crippen MR) is 314 cm³/mol. The maximum absolute atomic E-state index is 12.8. The molecule has 0 radical (unpaired) electrons. The zero-order valence-corrected chi connectivity index (χ0v) is 48.4. The molecule has 0 aliphatic heterocycles. The number of ether oxygens (including phenoxy) is 2. The maximum Gasteiger partial charge on any atom is 0.306 e. The second-order valence-electron chi connectivity index (χ2n) is 19.9. The van der Waals surface area contributed by atoms with Crippen molar-refractivity contribution in [3.63, 3.8) is 0 Å². The van der Waals surface area contributed by atoms with E-state index < -0.39 is 32.5 Å². The van der Waals surface area contributed by atoms with E-state index >= 15 is 0 Å². The summed E-state index contributed by atoms with van der Waals surface area (Å²) in [5.41, 5.74) is 0. The van der Waals surface area contributed by atoms with Crippen molar-refractivity contribution in [2.24, 2.45) is 0 Å². The molecular weight excluding hydrogens is 942 g/mol. The predicted octanol–water partition coefficient (Wildman–Crippen LogP) is 17.5. The second kappa shape index (κ2) is 54.0. The highest BCUT2D eigenvalue weighted by molar-refractivity contribution is 7.45. The monoisotopic (exact) mass is 1050 g/mol. The van der Waals surface area contributed by atoms with E-state index in [0.29, 0.717) is 23.9 Å². The molecule has 0 spiro atoms. The molecule has 9 nitrogen and oxygen atoms in total. The van der Waals surface area contributed by atoms with Gasteiger partial charge in [0.25, 0.3) is 7.82 Å². The molecule has 0 aliphatic carbocycles. The molecule has 74 heavy (non-hydrogen) atoms. The first-order valence-corrected chi connectivity index (χ1v) is 30.4. The molecule has 0 saturated carbocycles. The Morgan fingerprint density at radius 1 is 0.432 bits per heavy atom. The third-order valence-corrected chi connectivity index (χ3v) is 12.6. The van der Waals surface area contributed by atoms with Crippen molar-refractivity contribution in [1.29, 1.82) is 0 Å². The Morgan fingerprint density at radius 3 is 1.16 bits per heavy atom. The Morgan fingerprint density at radius 2 is 0.770 bits per heavy atom. The van der Waals surface area contributed by atoms with Crippen LogP contribution in [-0.2, 0) is 32.7 Å². The molecule has 0 rings (SSSR count). The minimum absolute atomic E-state index is 0.0420. The fraction of sp³-hybridized carbons (Fsp3) is 0.625. The van der Waals surface area contributed by atoms with Gasteiger partial charge >= 0.3 is 11.9 Å². The zero-order chi connectivity index (χ0) is 54.2. The lowest BCUT2D eigenvalue weighted by Gasteiger charge is -2.28. The lowest BCUT2D eigenvalue weighted by atomic mass is 10.1. The number of hydrogen-bond acceptors (Lipinski definition) is 8. The van der Waals surface area contributed by atoms with Gasteiger partial charge in [-0.2, -0.15) is 0 Å².